The second-order valence-electron chi connectivity index (χ2n) is 3.55. The molecule has 0 spiro atoms. The van der Waals surface area contributed by atoms with E-state index in [1.807, 2.05) is 0 Å². The first-order valence-corrected chi connectivity index (χ1v) is 6.94. The highest BCUT2D eigenvalue weighted by Gasteiger charge is 2.36. The maximum atomic E-state index is 11.2. The van der Waals surface area contributed by atoms with Crippen LogP contribution in [-0.2, 0) is 27.6 Å². The standard InChI is InChI=1S/C10H16O6Si/c1-13-17(14-2,15-3)6-4-5-8-7-9(11)16-10(8)12/h4,6,8H,5,7H2,1-3H3/b6-4+. The monoisotopic (exact) mass is 260 g/mol. The largest absolute Gasteiger partial charge is 0.528 e. The third-order valence-corrected chi connectivity index (χ3v) is 4.91. The van der Waals surface area contributed by atoms with Crippen LogP contribution in [0.25, 0.3) is 0 Å². The van der Waals surface area contributed by atoms with Crippen molar-refractivity contribution in [2.24, 2.45) is 5.92 Å². The summed E-state index contributed by atoms with van der Waals surface area (Å²) in [5.74, 6) is -1.35. The summed E-state index contributed by atoms with van der Waals surface area (Å²) in [6, 6.07) is 0. The normalized spacial score (nSPS) is 21.2. The number of rotatable bonds is 6. The summed E-state index contributed by atoms with van der Waals surface area (Å²) in [6.45, 7) is 0. The van der Waals surface area contributed by atoms with Gasteiger partial charge in [-0.2, -0.15) is 0 Å². The van der Waals surface area contributed by atoms with Gasteiger partial charge in [0.1, 0.15) is 0 Å². The molecule has 1 aliphatic heterocycles. The first-order chi connectivity index (χ1) is 8.06. The second-order valence-corrected chi connectivity index (χ2v) is 6.31. The van der Waals surface area contributed by atoms with Crippen molar-refractivity contribution in [2.75, 3.05) is 21.3 Å². The molecule has 0 radical (unpaired) electrons. The Labute approximate surface area is 101 Å². The zero-order valence-electron chi connectivity index (χ0n) is 10.1. The Morgan fingerprint density at radius 1 is 1.29 bits per heavy atom. The van der Waals surface area contributed by atoms with Crippen LogP contribution in [-0.4, -0.2) is 42.1 Å². The maximum Gasteiger partial charge on any atom is 0.528 e. The van der Waals surface area contributed by atoms with E-state index in [0.717, 1.165) is 0 Å². The fourth-order valence-corrected chi connectivity index (χ4v) is 2.87. The summed E-state index contributed by atoms with van der Waals surface area (Å²) in [4.78, 5) is 22.0. The fourth-order valence-electron chi connectivity index (χ4n) is 1.53. The van der Waals surface area contributed by atoms with Gasteiger partial charge in [-0.1, -0.05) is 6.08 Å². The number of ether oxygens (including phenoxy) is 1. The van der Waals surface area contributed by atoms with Crippen molar-refractivity contribution < 1.29 is 27.6 Å². The molecule has 0 aromatic carbocycles. The average molecular weight is 260 g/mol. The van der Waals surface area contributed by atoms with Crippen molar-refractivity contribution in [3.05, 3.63) is 11.8 Å². The highest BCUT2D eigenvalue weighted by atomic mass is 28.4. The Balaban J connectivity index is 2.54. The molecule has 0 bridgehead atoms. The van der Waals surface area contributed by atoms with Crippen molar-refractivity contribution in [2.45, 2.75) is 12.8 Å². The van der Waals surface area contributed by atoms with Crippen molar-refractivity contribution in [3.63, 3.8) is 0 Å². The molecule has 0 saturated carbocycles. The van der Waals surface area contributed by atoms with Gasteiger partial charge in [0.2, 0.25) is 0 Å². The van der Waals surface area contributed by atoms with E-state index < -0.39 is 26.7 Å². The highest BCUT2D eigenvalue weighted by Crippen LogP contribution is 2.20. The third kappa shape index (κ3) is 3.47. The Kier molecular flexibility index (Phi) is 5.00. The topological polar surface area (TPSA) is 71.1 Å². The number of hydrogen-bond donors (Lipinski definition) is 0. The second kappa shape index (κ2) is 6.06. The SMILES string of the molecule is CO[Si](/C=C/CC1CC(=O)OC1=O)(OC)OC. The van der Waals surface area contributed by atoms with Crippen LogP contribution < -0.4 is 0 Å². The van der Waals surface area contributed by atoms with Crippen molar-refractivity contribution in [1.82, 2.24) is 0 Å². The minimum absolute atomic E-state index is 0.130. The van der Waals surface area contributed by atoms with Crippen molar-refractivity contribution in [1.29, 1.82) is 0 Å². The maximum absolute atomic E-state index is 11.2. The first-order valence-electron chi connectivity index (χ1n) is 5.14. The minimum Gasteiger partial charge on any atom is -0.393 e. The van der Waals surface area contributed by atoms with Gasteiger partial charge in [0.05, 0.1) is 12.3 Å². The van der Waals surface area contributed by atoms with Crippen LogP contribution in [0.1, 0.15) is 12.8 Å². The smallest absolute Gasteiger partial charge is 0.393 e. The Hall–Kier alpha value is -1.02. The number of hydrogen-bond acceptors (Lipinski definition) is 6. The number of carbonyl (C=O) groups excluding carboxylic acids is 2. The number of esters is 2. The molecular formula is C10H16O6Si. The molecule has 17 heavy (non-hydrogen) atoms. The van der Waals surface area contributed by atoms with Gasteiger partial charge in [-0.25, -0.2) is 0 Å². The van der Waals surface area contributed by atoms with E-state index in [1.54, 1.807) is 11.8 Å². The quantitative estimate of drug-likeness (QED) is 0.392. The van der Waals surface area contributed by atoms with E-state index in [-0.39, 0.29) is 6.42 Å². The van der Waals surface area contributed by atoms with Gasteiger partial charge in [0, 0.05) is 21.3 Å². The van der Waals surface area contributed by atoms with E-state index >= 15 is 0 Å². The van der Waals surface area contributed by atoms with Gasteiger partial charge in [0.15, 0.2) is 0 Å². The number of allylic oxidation sites excluding steroid dienone is 1. The van der Waals surface area contributed by atoms with Crippen LogP contribution in [0.5, 0.6) is 0 Å². The molecule has 1 rings (SSSR count). The lowest BCUT2D eigenvalue weighted by Gasteiger charge is -2.20. The summed E-state index contributed by atoms with van der Waals surface area (Å²) >= 11 is 0. The van der Waals surface area contributed by atoms with Gasteiger partial charge in [-0.15, -0.1) is 0 Å². The lowest BCUT2D eigenvalue weighted by molar-refractivity contribution is -0.153. The van der Waals surface area contributed by atoms with E-state index in [4.69, 9.17) is 13.3 Å². The summed E-state index contributed by atoms with van der Waals surface area (Å²) < 4.78 is 20.0. The molecule has 1 saturated heterocycles. The molecule has 1 aliphatic rings. The summed E-state index contributed by atoms with van der Waals surface area (Å²) in [5.41, 5.74) is 1.68. The first kappa shape index (κ1) is 14.0. The van der Waals surface area contributed by atoms with Crippen molar-refractivity contribution >= 4 is 20.7 Å². The molecule has 0 aromatic heterocycles. The number of carbonyl (C=O) groups is 2. The van der Waals surface area contributed by atoms with Crippen LogP contribution in [0.4, 0.5) is 0 Å². The molecule has 1 atom stereocenters. The number of cyclic esters (lactones) is 2. The molecule has 0 amide bonds. The zero-order chi connectivity index (χ0) is 12.9. The molecular weight excluding hydrogens is 244 g/mol. The summed E-state index contributed by atoms with van der Waals surface area (Å²) in [6.07, 6.45) is 2.27. The zero-order valence-corrected chi connectivity index (χ0v) is 11.1. The Bertz CT molecular complexity index is 314. The lowest BCUT2D eigenvalue weighted by atomic mass is 10.0. The van der Waals surface area contributed by atoms with Gasteiger partial charge < -0.3 is 18.0 Å². The predicted octanol–water partition coefficient (Wildman–Crippen LogP) is 0.440. The molecule has 96 valence electrons. The summed E-state index contributed by atoms with van der Waals surface area (Å²) in [7, 11) is 1.74. The molecule has 1 unspecified atom stereocenters. The van der Waals surface area contributed by atoms with E-state index in [2.05, 4.69) is 4.74 Å². The predicted molar refractivity (Wildman–Crippen MR) is 59.7 cm³/mol. The minimum atomic E-state index is -2.75. The van der Waals surface area contributed by atoms with Gasteiger partial charge >= 0.3 is 20.7 Å². The molecule has 0 N–H and O–H groups in total. The van der Waals surface area contributed by atoms with Crippen LogP contribution in [0.3, 0.4) is 0 Å². The van der Waals surface area contributed by atoms with E-state index in [1.165, 1.54) is 21.3 Å². The molecule has 6 nitrogen and oxygen atoms in total. The third-order valence-electron chi connectivity index (χ3n) is 2.56. The van der Waals surface area contributed by atoms with Crippen LogP contribution in [0.15, 0.2) is 11.8 Å². The molecule has 0 aromatic rings. The molecule has 1 heterocycles. The molecule has 1 fully saturated rings. The van der Waals surface area contributed by atoms with Gasteiger partial charge in [0.25, 0.3) is 0 Å². The lowest BCUT2D eigenvalue weighted by Crippen LogP contribution is -2.40. The Morgan fingerprint density at radius 3 is 2.29 bits per heavy atom. The summed E-state index contributed by atoms with van der Waals surface area (Å²) in [5, 5.41) is 0. The molecule has 7 heteroatoms. The van der Waals surface area contributed by atoms with E-state index in [9.17, 15) is 9.59 Å². The Morgan fingerprint density at radius 2 is 1.88 bits per heavy atom. The van der Waals surface area contributed by atoms with Crippen LogP contribution in [0, 0.1) is 5.92 Å². The van der Waals surface area contributed by atoms with Crippen LogP contribution >= 0.6 is 0 Å². The molecule has 0 aliphatic carbocycles. The average Bonchev–Trinajstić information content (AvgIpc) is 2.64. The van der Waals surface area contributed by atoms with Crippen LogP contribution in [0.2, 0.25) is 0 Å². The van der Waals surface area contributed by atoms with Crippen molar-refractivity contribution in [3.8, 4) is 0 Å². The highest BCUT2D eigenvalue weighted by molar-refractivity contribution is 6.66. The van der Waals surface area contributed by atoms with Gasteiger partial charge in [-0.3, -0.25) is 9.59 Å². The van der Waals surface area contributed by atoms with E-state index in [0.29, 0.717) is 6.42 Å². The van der Waals surface area contributed by atoms with Gasteiger partial charge in [-0.05, 0) is 12.1 Å². The fraction of sp³-hybridized carbons (Fsp3) is 0.600.